The Hall–Kier alpha value is -1.99. The van der Waals surface area contributed by atoms with Crippen LogP contribution in [0.3, 0.4) is 0 Å². The van der Waals surface area contributed by atoms with E-state index in [0.29, 0.717) is 22.0 Å². The number of hydrogen-bond acceptors (Lipinski definition) is 7. The highest BCUT2D eigenvalue weighted by molar-refractivity contribution is 7.13. The van der Waals surface area contributed by atoms with Crippen LogP contribution >= 0.6 is 22.7 Å². The molecule has 3 aromatic heterocycles. The van der Waals surface area contributed by atoms with E-state index in [1.807, 2.05) is 17.5 Å². The van der Waals surface area contributed by atoms with E-state index >= 15 is 0 Å². The smallest absolute Gasteiger partial charge is 0.350 e. The molecule has 0 aliphatic carbocycles. The van der Waals surface area contributed by atoms with Crippen molar-refractivity contribution in [3.8, 4) is 10.6 Å². The van der Waals surface area contributed by atoms with Crippen LogP contribution in [-0.4, -0.2) is 16.1 Å². The maximum Gasteiger partial charge on any atom is 0.350 e. The molecule has 3 heterocycles. The molecular formula is C13H10N2O3S2. The minimum atomic E-state index is -0.384. The van der Waals surface area contributed by atoms with Crippen molar-refractivity contribution in [3.63, 3.8) is 0 Å². The minimum absolute atomic E-state index is 0.0883. The number of rotatable bonds is 4. The predicted octanol–water partition coefficient (Wildman–Crippen LogP) is 3.53. The molecule has 102 valence electrons. The van der Waals surface area contributed by atoms with E-state index in [-0.39, 0.29) is 12.6 Å². The topological polar surface area (TPSA) is 65.2 Å². The van der Waals surface area contributed by atoms with Crippen molar-refractivity contribution in [1.82, 2.24) is 10.1 Å². The zero-order chi connectivity index (χ0) is 13.9. The Morgan fingerprint density at radius 2 is 2.35 bits per heavy atom. The van der Waals surface area contributed by atoms with Gasteiger partial charge in [-0.15, -0.1) is 22.7 Å². The predicted molar refractivity (Wildman–Crippen MR) is 75.8 cm³/mol. The van der Waals surface area contributed by atoms with E-state index in [2.05, 4.69) is 10.1 Å². The van der Waals surface area contributed by atoms with Crippen LogP contribution in [0, 0.1) is 6.92 Å². The summed E-state index contributed by atoms with van der Waals surface area (Å²) in [6.07, 6.45) is 0. The molecule has 0 amide bonds. The first-order valence-electron chi connectivity index (χ1n) is 5.80. The van der Waals surface area contributed by atoms with Crippen molar-refractivity contribution in [3.05, 3.63) is 45.4 Å². The van der Waals surface area contributed by atoms with E-state index in [4.69, 9.17) is 9.26 Å². The molecule has 7 heteroatoms. The molecule has 0 unspecified atom stereocenters. The summed E-state index contributed by atoms with van der Waals surface area (Å²) in [6.45, 7) is 1.86. The van der Waals surface area contributed by atoms with E-state index in [9.17, 15) is 4.79 Å². The van der Waals surface area contributed by atoms with Gasteiger partial charge in [0, 0.05) is 6.07 Å². The first kappa shape index (κ1) is 13.0. The highest BCUT2D eigenvalue weighted by Gasteiger charge is 2.15. The van der Waals surface area contributed by atoms with Gasteiger partial charge in [0.05, 0.1) is 16.1 Å². The van der Waals surface area contributed by atoms with Crippen LogP contribution in [-0.2, 0) is 11.3 Å². The van der Waals surface area contributed by atoms with Gasteiger partial charge in [-0.2, -0.15) is 0 Å². The number of ether oxygens (including phenoxy) is 1. The van der Waals surface area contributed by atoms with Gasteiger partial charge in [0.2, 0.25) is 0 Å². The van der Waals surface area contributed by atoms with Gasteiger partial charge < -0.3 is 9.26 Å². The quantitative estimate of drug-likeness (QED) is 0.690. The lowest BCUT2D eigenvalue weighted by atomic mass is 10.3. The molecule has 0 saturated carbocycles. The van der Waals surface area contributed by atoms with Crippen LogP contribution in [0.1, 0.15) is 21.1 Å². The lowest BCUT2D eigenvalue weighted by Crippen LogP contribution is -2.05. The second-order valence-electron chi connectivity index (χ2n) is 4.00. The Balaban J connectivity index is 1.65. The number of carbonyl (C=O) groups is 1. The van der Waals surface area contributed by atoms with Crippen molar-refractivity contribution in [1.29, 1.82) is 0 Å². The highest BCUT2D eigenvalue weighted by atomic mass is 32.1. The molecule has 0 spiro atoms. The summed E-state index contributed by atoms with van der Waals surface area (Å²) in [5.74, 6) is 0.297. The second kappa shape index (κ2) is 5.56. The molecule has 0 N–H and O–H groups in total. The summed E-state index contributed by atoms with van der Waals surface area (Å²) in [5.41, 5.74) is 2.89. The van der Waals surface area contributed by atoms with Crippen LogP contribution in [0.25, 0.3) is 10.6 Å². The molecule has 0 bridgehead atoms. The summed E-state index contributed by atoms with van der Waals surface area (Å²) >= 11 is 2.83. The molecule has 0 radical (unpaired) electrons. The number of aromatic nitrogens is 2. The second-order valence-corrected chi connectivity index (χ2v) is 5.81. The molecule has 0 aliphatic rings. The number of aryl methyl sites for hydroxylation is 1. The van der Waals surface area contributed by atoms with Crippen molar-refractivity contribution in [2.75, 3.05) is 0 Å². The molecule has 0 atom stereocenters. The maximum absolute atomic E-state index is 11.8. The number of hydrogen-bond donors (Lipinski definition) is 0. The fourth-order valence-corrected chi connectivity index (χ4v) is 2.99. The van der Waals surface area contributed by atoms with Crippen LogP contribution in [0.2, 0.25) is 0 Å². The average molecular weight is 306 g/mol. The summed E-state index contributed by atoms with van der Waals surface area (Å²) in [6, 6.07) is 5.66. The van der Waals surface area contributed by atoms with Crippen molar-refractivity contribution in [2.45, 2.75) is 13.5 Å². The molecule has 0 aliphatic heterocycles. The summed E-state index contributed by atoms with van der Waals surface area (Å²) in [7, 11) is 0. The van der Waals surface area contributed by atoms with Gasteiger partial charge in [0.25, 0.3) is 0 Å². The number of thiophene rings is 1. The molecule has 3 rings (SSSR count). The number of esters is 1. The van der Waals surface area contributed by atoms with E-state index < -0.39 is 0 Å². The van der Waals surface area contributed by atoms with Crippen LogP contribution in [0.4, 0.5) is 0 Å². The Kier molecular flexibility index (Phi) is 3.62. The maximum atomic E-state index is 11.8. The van der Waals surface area contributed by atoms with Gasteiger partial charge in [0.1, 0.15) is 17.2 Å². The van der Waals surface area contributed by atoms with Gasteiger partial charge in [-0.05, 0) is 18.4 Å². The Bertz CT molecular complexity index is 716. The van der Waals surface area contributed by atoms with Crippen LogP contribution < -0.4 is 0 Å². The number of nitrogens with zero attached hydrogens (tertiary/aromatic N) is 2. The minimum Gasteiger partial charge on any atom is -0.455 e. The standard InChI is InChI=1S/C13H10N2O3S2/c1-8-12(20-7-14-8)13(16)17-6-9-5-10(18-15-9)11-3-2-4-19-11/h2-5,7H,6H2,1H3. The average Bonchev–Trinajstić information content (AvgIpc) is 3.16. The monoisotopic (exact) mass is 306 g/mol. The Morgan fingerprint density at radius 3 is 3.05 bits per heavy atom. The largest absolute Gasteiger partial charge is 0.455 e. The highest BCUT2D eigenvalue weighted by Crippen LogP contribution is 2.25. The Labute approximate surface area is 122 Å². The van der Waals surface area contributed by atoms with E-state index in [1.54, 1.807) is 29.8 Å². The van der Waals surface area contributed by atoms with Gasteiger partial charge in [0.15, 0.2) is 5.76 Å². The third-order valence-corrected chi connectivity index (χ3v) is 4.40. The lowest BCUT2D eigenvalue weighted by molar-refractivity contribution is 0.0469. The first-order valence-corrected chi connectivity index (χ1v) is 7.56. The van der Waals surface area contributed by atoms with Crippen molar-refractivity contribution < 1.29 is 14.1 Å². The summed E-state index contributed by atoms with van der Waals surface area (Å²) in [5, 5.41) is 5.85. The molecule has 0 fully saturated rings. The third kappa shape index (κ3) is 2.63. The fraction of sp³-hybridized carbons (Fsp3) is 0.154. The lowest BCUT2D eigenvalue weighted by Gasteiger charge is -1.99. The molecule has 3 aromatic rings. The SMILES string of the molecule is Cc1ncsc1C(=O)OCc1cc(-c2cccs2)on1. The normalized spacial score (nSPS) is 10.7. The van der Waals surface area contributed by atoms with E-state index in [0.717, 1.165) is 4.88 Å². The zero-order valence-electron chi connectivity index (χ0n) is 10.5. The van der Waals surface area contributed by atoms with E-state index in [1.165, 1.54) is 11.3 Å². The zero-order valence-corrected chi connectivity index (χ0v) is 12.2. The number of thiazole rings is 1. The van der Waals surface area contributed by atoms with Crippen LogP contribution in [0.15, 0.2) is 33.6 Å². The molecule has 5 nitrogen and oxygen atoms in total. The Morgan fingerprint density at radius 1 is 1.45 bits per heavy atom. The van der Waals surface area contributed by atoms with Gasteiger partial charge >= 0.3 is 5.97 Å². The molecule has 0 saturated heterocycles. The molecular weight excluding hydrogens is 296 g/mol. The van der Waals surface area contributed by atoms with Gasteiger partial charge in [-0.1, -0.05) is 11.2 Å². The third-order valence-electron chi connectivity index (χ3n) is 2.61. The summed E-state index contributed by atoms with van der Waals surface area (Å²) < 4.78 is 10.4. The number of carbonyl (C=O) groups excluding carboxylic acids is 1. The molecule has 0 aromatic carbocycles. The fourth-order valence-electron chi connectivity index (χ4n) is 1.62. The van der Waals surface area contributed by atoms with Gasteiger partial charge in [-0.3, -0.25) is 0 Å². The van der Waals surface area contributed by atoms with Gasteiger partial charge in [-0.25, -0.2) is 9.78 Å². The molecule has 20 heavy (non-hydrogen) atoms. The summed E-state index contributed by atoms with van der Waals surface area (Å²) in [4.78, 5) is 17.4. The van der Waals surface area contributed by atoms with Crippen molar-refractivity contribution >= 4 is 28.6 Å². The van der Waals surface area contributed by atoms with Crippen molar-refractivity contribution in [2.24, 2.45) is 0 Å². The van der Waals surface area contributed by atoms with Crippen LogP contribution in [0.5, 0.6) is 0 Å². The first-order chi connectivity index (χ1) is 9.74.